The van der Waals surface area contributed by atoms with Gasteiger partial charge in [0.1, 0.15) is 5.58 Å². The number of nitrogens with zero attached hydrogens (tertiary/aromatic N) is 1. The first-order valence-electron chi connectivity index (χ1n) is 7.96. The highest BCUT2D eigenvalue weighted by molar-refractivity contribution is 7.90. The number of halogens is 3. The topological polar surface area (TPSA) is 76.7 Å². The Morgan fingerprint density at radius 1 is 1.04 bits per heavy atom. The number of hydrogen-bond donors (Lipinski definition) is 0. The molecule has 28 heavy (non-hydrogen) atoms. The van der Waals surface area contributed by atoms with E-state index in [4.69, 9.17) is 4.42 Å². The van der Waals surface area contributed by atoms with Gasteiger partial charge in [-0.2, -0.15) is 13.2 Å². The summed E-state index contributed by atoms with van der Waals surface area (Å²) in [5, 5.41) is 0.117. The summed E-state index contributed by atoms with van der Waals surface area (Å²) in [6.07, 6.45) is -3.45. The summed E-state index contributed by atoms with van der Waals surface area (Å²) >= 11 is 0. The van der Waals surface area contributed by atoms with Crippen molar-refractivity contribution in [2.45, 2.75) is 18.0 Å². The summed E-state index contributed by atoms with van der Waals surface area (Å²) in [5.41, 5.74) is -0.467. The number of rotatable bonds is 3. The molecule has 0 spiro atoms. The van der Waals surface area contributed by atoms with Crippen LogP contribution in [0.5, 0.6) is 0 Å². The SMILES string of the molecule is CC(=O)c1cc2cc(C(F)(F)F)ccc2oc1=Nc1ccc(S(C)(=O)=O)cc1. The normalized spacial score (nSPS) is 13.1. The molecule has 0 fully saturated rings. The lowest BCUT2D eigenvalue weighted by Crippen LogP contribution is -2.13. The maximum Gasteiger partial charge on any atom is 0.416 e. The Hall–Kier alpha value is -2.94. The zero-order chi connectivity index (χ0) is 20.7. The van der Waals surface area contributed by atoms with Gasteiger partial charge in [0, 0.05) is 11.6 Å². The molecule has 0 aliphatic carbocycles. The molecule has 0 bridgehead atoms. The minimum Gasteiger partial charge on any atom is -0.438 e. The number of ketones is 1. The second kappa shape index (κ2) is 6.90. The van der Waals surface area contributed by atoms with Crippen molar-refractivity contribution in [1.82, 2.24) is 0 Å². The van der Waals surface area contributed by atoms with Crippen LogP contribution in [0, 0.1) is 0 Å². The highest BCUT2D eigenvalue weighted by Crippen LogP contribution is 2.31. The smallest absolute Gasteiger partial charge is 0.416 e. The molecule has 0 N–H and O–H groups in total. The van der Waals surface area contributed by atoms with Crippen LogP contribution in [0.25, 0.3) is 11.0 Å². The van der Waals surface area contributed by atoms with Gasteiger partial charge in [0.05, 0.1) is 21.7 Å². The maximum absolute atomic E-state index is 12.9. The Morgan fingerprint density at radius 3 is 2.21 bits per heavy atom. The van der Waals surface area contributed by atoms with Crippen molar-refractivity contribution < 1.29 is 30.8 Å². The fraction of sp³-hybridized carbons (Fsp3) is 0.158. The summed E-state index contributed by atoms with van der Waals surface area (Å²) in [7, 11) is -3.37. The molecule has 0 saturated carbocycles. The molecule has 0 unspecified atom stereocenters. The number of benzene rings is 2. The zero-order valence-corrected chi connectivity index (χ0v) is 15.6. The lowest BCUT2D eigenvalue weighted by atomic mass is 10.1. The Balaban J connectivity index is 2.18. The fourth-order valence-corrected chi connectivity index (χ4v) is 3.16. The molecule has 0 aliphatic heterocycles. The molecule has 2 aromatic carbocycles. The third kappa shape index (κ3) is 4.14. The number of hydrogen-bond acceptors (Lipinski definition) is 5. The quantitative estimate of drug-likeness (QED) is 0.605. The highest BCUT2D eigenvalue weighted by Gasteiger charge is 2.30. The third-order valence-electron chi connectivity index (χ3n) is 3.95. The minimum atomic E-state index is -4.52. The van der Waals surface area contributed by atoms with E-state index in [0.717, 1.165) is 24.5 Å². The highest BCUT2D eigenvalue weighted by atomic mass is 32.2. The Bertz CT molecular complexity index is 1240. The molecule has 1 aromatic heterocycles. The van der Waals surface area contributed by atoms with E-state index in [0.29, 0.717) is 5.69 Å². The number of fused-ring (bicyclic) bond motifs is 1. The first kappa shape index (κ1) is 19.8. The standard InChI is InChI=1S/C19H14F3NO4S/c1-11(24)16-10-12-9-13(19(20,21)22)3-8-17(12)27-18(16)23-14-4-6-15(7-5-14)28(2,25)26/h3-10H,1-2H3. The molecule has 0 saturated heterocycles. The molecule has 3 aromatic rings. The first-order valence-corrected chi connectivity index (χ1v) is 9.85. The van der Waals surface area contributed by atoms with Gasteiger partial charge in [0.2, 0.25) is 5.55 Å². The van der Waals surface area contributed by atoms with Gasteiger partial charge in [-0.3, -0.25) is 4.79 Å². The van der Waals surface area contributed by atoms with Crippen LogP contribution in [0.1, 0.15) is 22.8 Å². The second-order valence-electron chi connectivity index (χ2n) is 6.15. The van der Waals surface area contributed by atoms with E-state index in [2.05, 4.69) is 4.99 Å². The average Bonchev–Trinajstić information content (AvgIpc) is 2.59. The Morgan fingerprint density at radius 2 is 1.68 bits per heavy atom. The van der Waals surface area contributed by atoms with E-state index < -0.39 is 27.4 Å². The van der Waals surface area contributed by atoms with Gasteiger partial charge in [0.15, 0.2) is 15.6 Å². The van der Waals surface area contributed by atoms with E-state index >= 15 is 0 Å². The van der Waals surface area contributed by atoms with E-state index in [1.54, 1.807) is 0 Å². The van der Waals surface area contributed by atoms with Gasteiger partial charge in [-0.25, -0.2) is 13.4 Å². The van der Waals surface area contributed by atoms with Crippen molar-refractivity contribution in [3.63, 3.8) is 0 Å². The molecule has 0 radical (unpaired) electrons. The van der Waals surface area contributed by atoms with Gasteiger partial charge in [0.25, 0.3) is 0 Å². The molecular formula is C19H14F3NO4S. The van der Waals surface area contributed by atoms with Crippen LogP contribution in [-0.2, 0) is 16.0 Å². The van der Waals surface area contributed by atoms with Crippen molar-refractivity contribution >= 4 is 32.3 Å². The van der Waals surface area contributed by atoms with Crippen molar-refractivity contribution in [2.24, 2.45) is 4.99 Å². The summed E-state index contributed by atoms with van der Waals surface area (Å²) in [5.74, 6) is -0.436. The molecule has 0 aliphatic rings. The number of alkyl halides is 3. The monoisotopic (exact) mass is 409 g/mol. The molecule has 5 nitrogen and oxygen atoms in total. The summed E-state index contributed by atoms with van der Waals surface area (Å²) in [6, 6.07) is 9.82. The summed E-state index contributed by atoms with van der Waals surface area (Å²) in [6.45, 7) is 1.25. The lowest BCUT2D eigenvalue weighted by molar-refractivity contribution is -0.137. The zero-order valence-electron chi connectivity index (χ0n) is 14.7. The Kier molecular flexibility index (Phi) is 4.88. The molecule has 0 amide bonds. The molecule has 9 heteroatoms. The van der Waals surface area contributed by atoms with Crippen molar-refractivity contribution in [3.8, 4) is 0 Å². The average molecular weight is 409 g/mol. The number of Topliss-reactive ketones (excluding diaryl/α,β-unsaturated/α-hetero) is 1. The van der Waals surface area contributed by atoms with E-state index in [1.807, 2.05) is 0 Å². The van der Waals surface area contributed by atoms with Crippen molar-refractivity contribution in [1.29, 1.82) is 0 Å². The maximum atomic E-state index is 12.9. The van der Waals surface area contributed by atoms with E-state index in [-0.39, 0.29) is 27.0 Å². The Labute approximate surface area is 158 Å². The molecule has 3 rings (SSSR count). The van der Waals surface area contributed by atoms with Crippen LogP contribution in [-0.4, -0.2) is 20.5 Å². The van der Waals surface area contributed by atoms with E-state index in [9.17, 15) is 26.4 Å². The lowest BCUT2D eigenvalue weighted by Gasteiger charge is -2.08. The first-order chi connectivity index (χ1) is 12.9. The van der Waals surface area contributed by atoms with E-state index in [1.165, 1.54) is 37.3 Å². The number of sulfone groups is 1. The van der Waals surface area contributed by atoms with Crippen molar-refractivity contribution in [2.75, 3.05) is 6.26 Å². The van der Waals surface area contributed by atoms with Crippen LogP contribution in [0.4, 0.5) is 18.9 Å². The van der Waals surface area contributed by atoms with Gasteiger partial charge in [-0.1, -0.05) is 0 Å². The second-order valence-corrected chi connectivity index (χ2v) is 8.17. The summed E-state index contributed by atoms with van der Waals surface area (Å²) in [4.78, 5) is 16.3. The third-order valence-corrected chi connectivity index (χ3v) is 5.08. The molecule has 0 atom stereocenters. The van der Waals surface area contributed by atoms with Crippen molar-refractivity contribution in [3.05, 3.63) is 65.2 Å². The van der Waals surface area contributed by atoms with Crippen LogP contribution < -0.4 is 5.55 Å². The molecule has 1 heterocycles. The van der Waals surface area contributed by atoms with Gasteiger partial charge in [-0.15, -0.1) is 0 Å². The predicted octanol–water partition coefficient (Wildman–Crippen LogP) is 4.29. The fourth-order valence-electron chi connectivity index (χ4n) is 2.53. The largest absolute Gasteiger partial charge is 0.438 e. The van der Waals surface area contributed by atoms with Gasteiger partial charge < -0.3 is 4.42 Å². The summed E-state index contributed by atoms with van der Waals surface area (Å²) < 4.78 is 67.3. The van der Waals surface area contributed by atoms with Gasteiger partial charge >= 0.3 is 6.18 Å². The van der Waals surface area contributed by atoms with Crippen LogP contribution in [0.15, 0.2) is 62.8 Å². The molecular weight excluding hydrogens is 395 g/mol. The van der Waals surface area contributed by atoms with Gasteiger partial charge in [-0.05, 0) is 55.5 Å². The van der Waals surface area contributed by atoms with Crippen LogP contribution >= 0.6 is 0 Å². The van der Waals surface area contributed by atoms with Crippen LogP contribution in [0.3, 0.4) is 0 Å². The minimum absolute atomic E-state index is 0.0130. The number of carbonyl (C=O) groups excluding carboxylic acids is 1. The van der Waals surface area contributed by atoms with Crippen LogP contribution in [0.2, 0.25) is 0 Å². The number of carbonyl (C=O) groups is 1. The molecule has 146 valence electrons. The predicted molar refractivity (Wildman–Crippen MR) is 96.0 cm³/mol.